The van der Waals surface area contributed by atoms with Crippen LogP contribution in [0, 0.1) is 11.6 Å². The van der Waals surface area contributed by atoms with E-state index in [9.17, 15) is 19.0 Å². The van der Waals surface area contributed by atoms with Gasteiger partial charge in [-0.3, -0.25) is 9.97 Å². The monoisotopic (exact) mass is 762 g/mol. The lowest BCUT2D eigenvalue weighted by Gasteiger charge is -2.29. The molecule has 0 atom stereocenters. The van der Waals surface area contributed by atoms with Crippen molar-refractivity contribution in [2.24, 2.45) is 0 Å². The van der Waals surface area contributed by atoms with E-state index in [-0.39, 0.29) is 39.7 Å². The molecular weight excluding hydrogens is 707 g/mol. The van der Waals surface area contributed by atoms with E-state index in [1.165, 1.54) is 24.3 Å². The molecule has 0 bridgehead atoms. The molecule has 4 aromatic heterocycles. The van der Waals surface area contributed by atoms with Crippen molar-refractivity contribution in [3.63, 3.8) is 0 Å². The second-order valence-electron chi connectivity index (χ2n) is 14.5. The first-order valence-corrected chi connectivity index (χ1v) is 18.8. The van der Waals surface area contributed by atoms with Gasteiger partial charge in [0.1, 0.15) is 11.6 Å². The molecule has 0 spiro atoms. The summed E-state index contributed by atoms with van der Waals surface area (Å²) in [6.45, 7) is 4.13. The Bertz CT molecular complexity index is 1950. The Morgan fingerprint density at radius 2 is 0.857 bits per heavy atom. The molecule has 8 nitrogen and oxygen atoms in total. The fourth-order valence-corrected chi connectivity index (χ4v) is 8.08. The fourth-order valence-electron chi connectivity index (χ4n) is 8.08. The molecule has 296 valence electrons. The number of aliphatic hydroxyl groups excluding tert-OH is 2. The van der Waals surface area contributed by atoms with Gasteiger partial charge < -0.3 is 30.0 Å². The Balaban J connectivity index is 0.000000207. The second kappa shape index (κ2) is 19.2. The third-order valence-corrected chi connectivity index (χ3v) is 11.0. The number of halogens is 2. The molecule has 0 radical (unpaired) electrons. The first-order chi connectivity index (χ1) is 26.3. The Hall–Kier alpha value is -5.00. The Morgan fingerprint density at radius 1 is 0.536 bits per heavy atom. The van der Waals surface area contributed by atoms with Crippen LogP contribution in [0.4, 0.5) is 8.78 Å². The molecule has 2 aliphatic rings. The number of hydrogen-bond donors (Lipinski definition) is 4. The summed E-state index contributed by atoms with van der Waals surface area (Å²) in [6.07, 6.45) is 11.3. The van der Waals surface area contributed by atoms with Gasteiger partial charge in [0.25, 0.3) is 0 Å². The maximum absolute atomic E-state index is 13.4. The highest BCUT2D eigenvalue weighted by molar-refractivity contribution is 5.86. The molecule has 4 N–H and O–H groups in total. The highest BCUT2D eigenvalue weighted by atomic mass is 19.1. The number of H-pyrrole nitrogens is 2. The lowest BCUT2D eigenvalue weighted by Crippen LogP contribution is -2.29. The molecule has 2 aliphatic heterocycles. The Kier molecular flexibility index (Phi) is 14.5. The van der Waals surface area contributed by atoms with Crippen LogP contribution in [0.15, 0.2) is 97.6 Å². The maximum Gasteiger partial charge on any atom is 0.123 e. The summed E-state index contributed by atoms with van der Waals surface area (Å²) >= 11 is 0. The summed E-state index contributed by atoms with van der Waals surface area (Å²) in [4.78, 5) is 20.1. The van der Waals surface area contributed by atoms with Crippen LogP contribution in [0.3, 0.4) is 0 Å². The van der Waals surface area contributed by atoms with Gasteiger partial charge in [0.2, 0.25) is 0 Å². The van der Waals surface area contributed by atoms with Gasteiger partial charge in [-0.15, -0.1) is 0 Å². The third kappa shape index (κ3) is 9.16. The van der Waals surface area contributed by atoms with Crippen molar-refractivity contribution < 1.29 is 19.0 Å². The van der Waals surface area contributed by atoms with Gasteiger partial charge in [0.05, 0.1) is 24.6 Å². The summed E-state index contributed by atoms with van der Waals surface area (Å²) in [7, 11) is 4.29. The number of rotatable bonds is 8. The summed E-state index contributed by atoms with van der Waals surface area (Å²) in [5.74, 6) is 0.263. The van der Waals surface area contributed by atoms with Gasteiger partial charge in [0.15, 0.2) is 0 Å². The number of aliphatic hydroxyl groups is 2. The molecule has 8 rings (SSSR count). The molecule has 2 saturated heterocycles. The van der Waals surface area contributed by atoms with E-state index in [1.807, 2.05) is 24.3 Å². The van der Waals surface area contributed by atoms with Crippen molar-refractivity contribution >= 4 is 0 Å². The Morgan fingerprint density at radius 3 is 1.16 bits per heavy atom. The first-order valence-electron chi connectivity index (χ1n) is 18.8. The largest absolute Gasteiger partial charge is 0.392 e. The summed E-state index contributed by atoms with van der Waals surface area (Å²) in [5.41, 5.74) is 11.8. The SMILES string of the molecule is C.C.CN1CCC(c2[nH]c(-c3ccc(F)cc3)c(-c3ccncc3)c2CO)CC1.CN1CCC(c2[nH]c(-c3ccc(F)cc3)c(-c3ccncc3)c2CO)CC1. The topological polar surface area (TPSA) is 104 Å². The van der Waals surface area contributed by atoms with Crippen LogP contribution in [0.25, 0.3) is 44.8 Å². The number of aromatic amines is 2. The van der Waals surface area contributed by atoms with Gasteiger partial charge in [-0.05, 0) is 161 Å². The first kappa shape index (κ1) is 42.1. The lowest BCUT2D eigenvalue weighted by molar-refractivity contribution is 0.248. The molecule has 0 saturated carbocycles. The highest BCUT2D eigenvalue weighted by Crippen LogP contribution is 2.43. The van der Waals surface area contributed by atoms with E-state index in [2.05, 4.69) is 43.8 Å². The smallest absolute Gasteiger partial charge is 0.123 e. The van der Waals surface area contributed by atoms with Crippen molar-refractivity contribution in [2.75, 3.05) is 40.3 Å². The zero-order chi connectivity index (χ0) is 37.6. The van der Waals surface area contributed by atoms with E-state index in [4.69, 9.17) is 0 Å². The molecular formula is C46H56F2N6O2. The average molecular weight is 763 g/mol. The van der Waals surface area contributed by atoms with Gasteiger partial charge >= 0.3 is 0 Å². The predicted molar refractivity (Wildman–Crippen MR) is 223 cm³/mol. The van der Waals surface area contributed by atoms with Crippen molar-refractivity contribution in [3.8, 4) is 44.8 Å². The van der Waals surface area contributed by atoms with E-state index in [0.717, 1.165) is 119 Å². The number of benzene rings is 2. The van der Waals surface area contributed by atoms with Crippen LogP contribution in [0.1, 0.15) is 74.9 Å². The van der Waals surface area contributed by atoms with Crippen molar-refractivity contribution in [1.82, 2.24) is 29.7 Å². The fraction of sp³-hybridized carbons (Fsp3) is 0.348. The van der Waals surface area contributed by atoms with Gasteiger partial charge in [-0.25, -0.2) is 8.78 Å². The molecule has 10 heteroatoms. The molecule has 6 heterocycles. The number of hydrogen-bond acceptors (Lipinski definition) is 6. The van der Waals surface area contributed by atoms with E-state index in [1.54, 1.807) is 49.1 Å². The summed E-state index contributed by atoms with van der Waals surface area (Å²) in [6, 6.07) is 20.8. The van der Waals surface area contributed by atoms with E-state index >= 15 is 0 Å². The van der Waals surface area contributed by atoms with E-state index in [0.29, 0.717) is 11.8 Å². The zero-order valence-electron chi connectivity index (χ0n) is 30.9. The number of pyridine rings is 2. The number of piperidine rings is 2. The van der Waals surface area contributed by atoms with E-state index < -0.39 is 0 Å². The van der Waals surface area contributed by atoms with Gasteiger partial charge in [-0.2, -0.15) is 0 Å². The molecule has 0 unspecified atom stereocenters. The average Bonchev–Trinajstić information content (AvgIpc) is 3.79. The number of nitrogens with zero attached hydrogens (tertiary/aromatic N) is 4. The summed E-state index contributed by atoms with van der Waals surface area (Å²) < 4.78 is 26.9. The van der Waals surface area contributed by atoms with Gasteiger partial charge in [0, 0.05) is 70.3 Å². The number of likely N-dealkylation sites (tertiary alicyclic amines) is 2. The minimum Gasteiger partial charge on any atom is -0.392 e. The van der Waals surface area contributed by atoms with Crippen LogP contribution in [0.2, 0.25) is 0 Å². The van der Waals surface area contributed by atoms with Gasteiger partial charge in [-0.1, -0.05) is 14.9 Å². The van der Waals surface area contributed by atoms with Crippen molar-refractivity contribution in [1.29, 1.82) is 0 Å². The normalized spacial score (nSPS) is 15.4. The Labute approximate surface area is 330 Å². The summed E-state index contributed by atoms with van der Waals surface area (Å²) in [5, 5.41) is 20.5. The van der Waals surface area contributed by atoms with Crippen LogP contribution in [-0.4, -0.2) is 80.2 Å². The van der Waals surface area contributed by atoms with Crippen LogP contribution >= 0.6 is 0 Å². The lowest BCUT2D eigenvalue weighted by atomic mass is 9.89. The molecule has 0 aliphatic carbocycles. The van der Waals surface area contributed by atoms with Crippen LogP contribution < -0.4 is 0 Å². The molecule has 56 heavy (non-hydrogen) atoms. The number of nitrogens with one attached hydrogen (secondary N) is 2. The molecule has 6 aromatic rings. The molecule has 2 aromatic carbocycles. The minimum atomic E-state index is -0.256. The molecule has 0 amide bonds. The zero-order valence-corrected chi connectivity index (χ0v) is 30.9. The van der Waals surface area contributed by atoms with Crippen molar-refractivity contribution in [3.05, 3.63) is 132 Å². The predicted octanol–water partition coefficient (Wildman–Crippen LogP) is 9.64. The van der Waals surface area contributed by atoms with Crippen LogP contribution in [0.5, 0.6) is 0 Å². The number of aromatic nitrogens is 4. The quantitative estimate of drug-likeness (QED) is 0.123. The highest BCUT2D eigenvalue weighted by Gasteiger charge is 2.28. The van der Waals surface area contributed by atoms with Crippen LogP contribution in [-0.2, 0) is 13.2 Å². The minimum absolute atomic E-state index is 0. The van der Waals surface area contributed by atoms with Crippen molar-refractivity contribution in [2.45, 2.75) is 65.6 Å². The maximum atomic E-state index is 13.4. The standard InChI is InChI=1S/2C22H24FN3O.2CH4/c2*1-26-12-8-17(9-13-26)21-19(14-27)20(15-6-10-24-11-7-15)22(25-21)16-2-4-18(23)5-3-16;;/h2*2-7,10-11,17,25,27H,8-9,12-14H2,1H3;2*1H4. The molecule has 2 fully saturated rings. The third-order valence-electron chi connectivity index (χ3n) is 11.0. The second-order valence-corrected chi connectivity index (χ2v) is 14.5.